The second-order valence-corrected chi connectivity index (χ2v) is 5.86. The number of rotatable bonds is 2. The van der Waals surface area contributed by atoms with Crippen molar-refractivity contribution in [2.24, 2.45) is 0 Å². The quantitative estimate of drug-likeness (QED) is 0.921. The van der Waals surface area contributed by atoms with Gasteiger partial charge < -0.3 is 9.88 Å². The van der Waals surface area contributed by atoms with E-state index in [1.165, 1.54) is 0 Å². The molecular weight excluding hydrogens is 262 g/mol. The summed E-state index contributed by atoms with van der Waals surface area (Å²) in [7, 11) is 0. The van der Waals surface area contributed by atoms with Gasteiger partial charge in [0.05, 0.1) is 0 Å². The molecule has 1 N–H and O–H groups in total. The molecule has 0 aliphatic carbocycles. The topological polar surface area (TPSA) is 49.0 Å². The first-order valence-corrected chi connectivity index (χ1v) is 7.51. The Morgan fingerprint density at radius 2 is 2.14 bits per heavy atom. The number of amides is 1. The van der Waals surface area contributed by atoms with Gasteiger partial charge in [0, 0.05) is 36.5 Å². The molecule has 1 aromatic heterocycles. The third kappa shape index (κ3) is 2.84. The molecule has 1 aromatic carbocycles. The summed E-state index contributed by atoms with van der Waals surface area (Å²) in [6.07, 6.45) is 3.98. The Labute approximate surface area is 125 Å². The zero-order valence-electron chi connectivity index (χ0n) is 12.6. The van der Waals surface area contributed by atoms with E-state index in [0.717, 1.165) is 48.6 Å². The molecule has 1 saturated heterocycles. The van der Waals surface area contributed by atoms with Gasteiger partial charge in [0.15, 0.2) is 0 Å². The molecule has 0 bridgehead atoms. The van der Waals surface area contributed by atoms with Crippen LogP contribution in [0.25, 0.3) is 0 Å². The zero-order valence-corrected chi connectivity index (χ0v) is 12.6. The van der Waals surface area contributed by atoms with Gasteiger partial charge in [-0.25, -0.2) is 4.98 Å². The van der Waals surface area contributed by atoms with Crippen LogP contribution >= 0.6 is 0 Å². The Kier molecular flexibility index (Phi) is 3.78. The summed E-state index contributed by atoms with van der Waals surface area (Å²) in [4.78, 5) is 22.4. The van der Waals surface area contributed by atoms with Gasteiger partial charge in [-0.15, -0.1) is 0 Å². The molecule has 1 unspecified atom stereocenters. The molecule has 110 valence electrons. The highest BCUT2D eigenvalue weighted by Gasteiger charge is 2.27. The first-order chi connectivity index (χ1) is 10.1. The summed E-state index contributed by atoms with van der Waals surface area (Å²) in [5, 5.41) is 0. The first-order valence-electron chi connectivity index (χ1n) is 7.51. The Bertz CT molecular complexity index is 647. The molecule has 4 heteroatoms. The monoisotopic (exact) mass is 283 g/mol. The summed E-state index contributed by atoms with van der Waals surface area (Å²) in [5.74, 6) is 1.47. The smallest absolute Gasteiger partial charge is 0.254 e. The molecular formula is C17H21N3O. The fourth-order valence-electron chi connectivity index (χ4n) is 3.01. The SMILES string of the molecule is Cc1cnc(C2CCCN(C(=O)c3ccccc3C)C2)[nH]1. The summed E-state index contributed by atoms with van der Waals surface area (Å²) in [6, 6.07) is 7.80. The summed E-state index contributed by atoms with van der Waals surface area (Å²) in [5.41, 5.74) is 2.93. The van der Waals surface area contributed by atoms with E-state index in [1.807, 2.05) is 49.2 Å². The maximum absolute atomic E-state index is 12.7. The molecule has 2 heterocycles. The molecule has 1 fully saturated rings. The van der Waals surface area contributed by atoms with Crippen molar-refractivity contribution < 1.29 is 4.79 Å². The second kappa shape index (κ2) is 5.72. The van der Waals surface area contributed by atoms with Crippen molar-refractivity contribution in [2.75, 3.05) is 13.1 Å². The number of imidazole rings is 1. The number of hydrogen-bond acceptors (Lipinski definition) is 2. The predicted molar refractivity (Wildman–Crippen MR) is 82.4 cm³/mol. The molecule has 1 aliphatic heterocycles. The van der Waals surface area contributed by atoms with Crippen molar-refractivity contribution in [3.63, 3.8) is 0 Å². The van der Waals surface area contributed by atoms with Gasteiger partial charge in [0.1, 0.15) is 5.82 Å². The highest BCUT2D eigenvalue weighted by atomic mass is 16.2. The fraction of sp³-hybridized carbons (Fsp3) is 0.412. The fourth-order valence-corrected chi connectivity index (χ4v) is 3.01. The Balaban J connectivity index is 1.77. The van der Waals surface area contributed by atoms with Crippen LogP contribution in [0.1, 0.15) is 46.2 Å². The number of aromatic amines is 1. The number of aromatic nitrogens is 2. The maximum Gasteiger partial charge on any atom is 0.254 e. The van der Waals surface area contributed by atoms with E-state index in [1.54, 1.807) is 0 Å². The van der Waals surface area contributed by atoms with Crippen LogP contribution in [0, 0.1) is 13.8 Å². The van der Waals surface area contributed by atoms with Crippen molar-refractivity contribution in [1.82, 2.24) is 14.9 Å². The Morgan fingerprint density at radius 1 is 1.33 bits per heavy atom. The van der Waals surface area contributed by atoms with Crippen LogP contribution in [0.3, 0.4) is 0 Å². The number of benzene rings is 1. The molecule has 0 saturated carbocycles. The van der Waals surface area contributed by atoms with Gasteiger partial charge in [-0.1, -0.05) is 18.2 Å². The highest BCUT2D eigenvalue weighted by molar-refractivity contribution is 5.95. The number of H-pyrrole nitrogens is 1. The lowest BCUT2D eigenvalue weighted by Crippen LogP contribution is -2.39. The number of carbonyl (C=O) groups excluding carboxylic acids is 1. The van der Waals surface area contributed by atoms with Crippen LogP contribution in [0.15, 0.2) is 30.5 Å². The molecule has 1 aliphatic rings. The van der Waals surface area contributed by atoms with Gasteiger partial charge in [-0.05, 0) is 38.3 Å². The largest absolute Gasteiger partial charge is 0.346 e. The van der Waals surface area contributed by atoms with E-state index in [9.17, 15) is 4.79 Å². The third-order valence-corrected chi connectivity index (χ3v) is 4.19. The van der Waals surface area contributed by atoms with Gasteiger partial charge in [0.2, 0.25) is 0 Å². The molecule has 21 heavy (non-hydrogen) atoms. The average Bonchev–Trinajstić information content (AvgIpc) is 2.94. The standard InChI is InChI=1S/C17H21N3O/c1-12-6-3-4-8-15(12)17(21)20-9-5-7-14(11-20)16-18-10-13(2)19-16/h3-4,6,8,10,14H,5,7,9,11H2,1-2H3,(H,18,19). The molecule has 4 nitrogen and oxygen atoms in total. The van der Waals surface area contributed by atoms with Gasteiger partial charge in [-0.3, -0.25) is 4.79 Å². The van der Waals surface area contributed by atoms with Crippen LogP contribution in [-0.4, -0.2) is 33.9 Å². The van der Waals surface area contributed by atoms with E-state index in [2.05, 4.69) is 9.97 Å². The summed E-state index contributed by atoms with van der Waals surface area (Å²) >= 11 is 0. The minimum Gasteiger partial charge on any atom is -0.346 e. The predicted octanol–water partition coefficient (Wildman–Crippen LogP) is 3.05. The zero-order chi connectivity index (χ0) is 14.8. The number of carbonyl (C=O) groups is 1. The molecule has 1 atom stereocenters. The van der Waals surface area contributed by atoms with Crippen LogP contribution < -0.4 is 0 Å². The molecule has 1 amide bonds. The van der Waals surface area contributed by atoms with Crippen molar-refractivity contribution >= 4 is 5.91 Å². The van der Waals surface area contributed by atoms with Gasteiger partial charge in [-0.2, -0.15) is 0 Å². The van der Waals surface area contributed by atoms with E-state index < -0.39 is 0 Å². The van der Waals surface area contributed by atoms with Crippen molar-refractivity contribution in [1.29, 1.82) is 0 Å². The highest BCUT2D eigenvalue weighted by Crippen LogP contribution is 2.26. The van der Waals surface area contributed by atoms with Crippen LogP contribution in [0.5, 0.6) is 0 Å². The lowest BCUT2D eigenvalue weighted by Gasteiger charge is -2.32. The van der Waals surface area contributed by atoms with E-state index in [0.29, 0.717) is 5.92 Å². The van der Waals surface area contributed by atoms with E-state index in [4.69, 9.17) is 0 Å². The number of aryl methyl sites for hydroxylation is 2. The van der Waals surface area contributed by atoms with Crippen LogP contribution in [0.4, 0.5) is 0 Å². The number of piperidine rings is 1. The van der Waals surface area contributed by atoms with Crippen molar-refractivity contribution in [3.8, 4) is 0 Å². The van der Waals surface area contributed by atoms with Crippen molar-refractivity contribution in [2.45, 2.75) is 32.6 Å². The molecule has 2 aromatic rings. The number of likely N-dealkylation sites (tertiary alicyclic amines) is 1. The Hall–Kier alpha value is -2.10. The summed E-state index contributed by atoms with van der Waals surface area (Å²) in [6.45, 7) is 5.59. The lowest BCUT2D eigenvalue weighted by molar-refractivity contribution is 0.0704. The molecule has 3 rings (SSSR count). The van der Waals surface area contributed by atoms with Crippen molar-refractivity contribution in [3.05, 3.63) is 53.1 Å². The van der Waals surface area contributed by atoms with E-state index in [-0.39, 0.29) is 5.91 Å². The number of hydrogen-bond donors (Lipinski definition) is 1. The third-order valence-electron chi connectivity index (χ3n) is 4.19. The van der Waals surface area contributed by atoms with Crippen LogP contribution in [-0.2, 0) is 0 Å². The normalized spacial score (nSPS) is 18.8. The minimum atomic E-state index is 0.140. The van der Waals surface area contributed by atoms with Gasteiger partial charge >= 0.3 is 0 Å². The van der Waals surface area contributed by atoms with Crippen LogP contribution in [0.2, 0.25) is 0 Å². The second-order valence-electron chi connectivity index (χ2n) is 5.86. The Morgan fingerprint density at radius 3 is 2.86 bits per heavy atom. The molecule has 0 spiro atoms. The maximum atomic E-state index is 12.7. The molecule has 0 radical (unpaired) electrons. The number of nitrogens with zero attached hydrogens (tertiary/aromatic N) is 2. The van der Waals surface area contributed by atoms with Gasteiger partial charge in [0.25, 0.3) is 5.91 Å². The minimum absolute atomic E-state index is 0.140. The summed E-state index contributed by atoms with van der Waals surface area (Å²) < 4.78 is 0. The number of nitrogens with one attached hydrogen (secondary N) is 1. The first kappa shape index (κ1) is 13.9. The average molecular weight is 283 g/mol. The lowest BCUT2D eigenvalue weighted by atomic mass is 9.96. The van der Waals surface area contributed by atoms with E-state index >= 15 is 0 Å².